The Balaban J connectivity index is 1.73. The molecule has 0 radical (unpaired) electrons. The summed E-state index contributed by atoms with van der Waals surface area (Å²) >= 11 is 0. The van der Waals surface area contributed by atoms with Crippen LogP contribution in [0.3, 0.4) is 0 Å². The van der Waals surface area contributed by atoms with E-state index in [1.807, 2.05) is 30.0 Å². The third-order valence-electron chi connectivity index (χ3n) is 3.86. The van der Waals surface area contributed by atoms with Gasteiger partial charge in [0.2, 0.25) is 5.91 Å². The van der Waals surface area contributed by atoms with Crippen LogP contribution in [0, 0.1) is 6.92 Å². The average molecular weight is 292 g/mol. The van der Waals surface area contributed by atoms with Crippen molar-refractivity contribution in [2.45, 2.75) is 13.8 Å². The van der Waals surface area contributed by atoms with E-state index in [4.69, 9.17) is 9.47 Å². The van der Waals surface area contributed by atoms with E-state index in [9.17, 15) is 4.79 Å². The fourth-order valence-electron chi connectivity index (χ4n) is 2.52. The lowest BCUT2D eigenvalue weighted by molar-refractivity contribution is -0.130. The van der Waals surface area contributed by atoms with E-state index in [0.717, 1.165) is 49.8 Å². The lowest BCUT2D eigenvalue weighted by atomic mass is 10.2. The highest BCUT2D eigenvalue weighted by Crippen LogP contribution is 2.22. The van der Waals surface area contributed by atoms with Gasteiger partial charge in [-0.1, -0.05) is 0 Å². The molecule has 0 spiro atoms. The molecule has 1 fully saturated rings. The predicted molar refractivity (Wildman–Crippen MR) is 81.9 cm³/mol. The molecule has 2 rings (SSSR count). The molecular formula is C16H24N2O3. The molecule has 1 amide bonds. The average Bonchev–Trinajstić information content (AvgIpc) is 2.48. The number of hydrogen-bond donors (Lipinski definition) is 0. The van der Waals surface area contributed by atoms with Crippen LogP contribution in [0.5, 0.6) is 11.5 Å². The molecule has 5 nitrogen and oxygen atoms in total. The summed E-state index contributed by atoms with van der Waals surface area (Å²) in [6, 6.07) is 5.85. The van der Waals surface area contributed by atoms with Crippen molar-refractivity contribution in [3.8, 4) is 11.5 Å². The van der Waals surface area contributed by atoms with Gasteiger partial charge < -0.3 is 14.4 Å². The number of amides is 1. The molecule has 0 saturated carbocycles. The highest BCUT2D eigenvalue weighted by molar-refractivity contribution is 5.73. The standard InChI is InChI=1S/C16H24N2O3/c1-13-12-15(4-5-16(13)20-3)21-11-10-17-6-8-18(9-7-17)14(2)19/h4-5,12H,6-11H2,1-3H3. The zero-order chi connectivity index (χ0) is 15.2. The molecule has 21 heavy (non-hydrogen) atoms. The van der Waals surface area contributed by atoms with Gasteiger partial charge in [0.1, 0.15) is 18.1 Å². The van der Waals surface area contributed by atoms with Crippen LogP contribution in [-0.2, 0) is 4.79 Å². The Bertz CT molecular complexity index is 482. The van der Waals surface area contributed by atoms with Crippen molar-refractivity contribution in [3.63, 3.8) is 0 Å². The fraction of sp³-hybridized carbons (Fsp3) is 0.562. The number of piperazine rings is 1. The number of rotatable bonds is 5. The first-order chi connectivity index (χ1) is 10.1. The van der Waals surface area contributed by atoms with Crippen LogP contribution in [0.1, 0.15) is 12.5 Å². The third kappa shape index (κ3) is 4.36. The lowest BCUT2D eigenvalue weighted by Gasteiger charge is -2.34. The van der Waals surface area contributed by atoms with Gasteiger partial charge in [-0.25, -0.2) is 0 Å². The van der Waals surface area contributed by atoms with Gasteiger partial charge in [-0.15, -0.1) is 0 Å². The Morgan fingerprint density at radius 1 is 1.24 bits per heavy atom. The van der Waals surface area contributed by atoms with Crippen molar-refractivity contribution < 1.29 is 14.3 Å². The van der Waals surface area contributed by atoms with Crippen molar-refractivity contribution in [1.82, 2.24) is 9.80 Å². The maximum absolute atomic E-state index is 11.3. The highest BCUT2D eigenvalue weighted by Gasteiger charge is 2.18. The fourth-order valence-corrected chi connectivity index (χ4v) is 2.52. The second-order valence-corrected chi connectivity index (χ2v) is 5.33. The van der Waals surface area contributed by atoms with Crippen LogP contribution >= 0.6 is 0 Å². The van der Waals surface area contributed by atoms with Crippen LogP contribution in [0.2, 0.25) is 0 Å². The summed E-state index contributed by atoms with van der Waals surface area (Å²) in [5.41, 5.74) is 1.07. The van der Waals surface area contributed by atoms with Gasteiger partial charge in [-0.3, -0.25) is 9.69 Å². The Kier molecular flexibility index (Phi) is 5.44. The Hall–Kier alpha value is -1.75. The molecule has 0 unspecified atom stereocenters. The molecule has 0 bridgehead atoms. The summed E-state index contributed by atoms with van der Waals surface area (Å²) < 4.78 is 11.0. The smallest absolute Gasteiger partial charge is 0.219 e. The van der Waals surface area contributed by atoms with Gasteiger partial charge in [-0.2, -0.15) is 0 Å². The zero-order valence-corrected chi connectivity index (χ0v) is 13.1. The summed E-state index contributed by atoms with van der Waals surface area (Å²) in [5.74, 6) is 1.91. The van der Waals surface area contributed by atoms with E-state index >= 15 is 0 Å². The van der Waals surface area contributed by atoms with Gasteiger partial charge in [-0.05, 0) is 30.7 Å². The van der Waals surface area contributed by atoms with E-state index in [0.29, 0.717) is 6.61 Å². The maximum Gasteiger partial charge on any atom is 0.219 e. The normalized spacial score (nSPS) is 15.9. The number of ether oxygens (including phenoxy) is 2. The number of carbonyl (C=O) groups excluding carboxylic acids is 1. The van der Waals surface area contributed by atoms with Crippen molar-refractivity contribution in [2.24, 2.45) is 0 Å². The van der Waals surface area contributed by atoms with E-state index in [-0.39, 0.29) is 5.91 Å². The molecule has 1 saturated heterocycles. The number of nitrogens with zero attached hydrogens (tertiary/aromatic N) is 2. The molecule has 0 atom stereocenters. The van der Waals surface area contributed by atoms with Crippen LogP contribution in [0.4, 0.5) is 0 Å². The summed E-state index contributed by atoms with van der Waals surface area (Å²) in [6.45, 7) is 8.66. The molecule has 0 N–H and O–H groups in total. The SMILES string of the molecule is COc1ccc(OCCN2CCN(C(C)=O)CC2)cc1C. The van der Waals surface area contributed by atoms with Crippen LogP contribution in [-0.4, -0.2) is 62.1 Å². The van der Waals surface area contributed by atoms with Gasteiger partial charge in [0.05, 0.1) is 7.11 Å². The van der Waals surface area contributed by atoms with E-state index in [1.54, 1.807) is 14.0 Å². The molecular weight excluding hydrogens is 268 g/mol. The molecule has 1 heterocycles. The number of benzene rings is 1. The lowest BCUT2D eigenvalue weighted by Crippen LogP contribution is -2.48. The minimum Gasteiger partial charge on any atom is -0.496 e. The molecule has 1 aliphatic heterocycles. The molecule has 116 valence electrons. The summed E-state index contributed by atoms with van der Waals surface area (Å²) in [6.07, 6.45) is 0. The number of hydrogen-bond acceptors (Lipinski definition) is 4. The van der Waals surface area contributed by atoms with Crippen LogP contribution < -0.4 is 9.47 Å². The topological polar surface area (TPSA) is 42.0 Å². The predicted octanol–water partition coefficient (Wildman–Crippen LogP) is 1.55. The van der Waals surface area contributed by atoms with Gasteiger partial charge in [0, 0.05) is 39.6 Å². The summed E-state index contributed by atoms with van der Waals surface area (Å²) in [7, 11) is 1.67. The first kappa shape index (κ1) is 15.6. The molecule has 1 aromatic carbocycles. The van der Waals surface area contributed by atoms with Gasteiger partial charge in [0.25, 0.3) is 0 Å². The van der Waals surface area contributed by atoms with Crippen LogP contribution in [0.25, 0.3) is 0 Å². The molecule has 0 aliphatic carbocycles. The second-order valence-electron chi connectivity index (χ2n) is 5.33. The van der Waals surface area contributed by atoms with Crippen LogP contribution in [0.15, 0.2) is 18.2 Å². The van der Waals surface area contributed by atoms with Gasteiger partial charge >= 0.3 is 0 Å². The number of carbonyl (C=O) groups is 1. The van der Waals surface area contributed by atoms with Crippen molar-refractivity contribution in [1.29, 1.82) is 0 Å². The minimum atomic E-state index is 0.166. The Labute approximate surface area is 126 Å². The first-order valence-electron chi connectivity index (χ1n) is 7.35. The maximum atomic E-state index is 11.3. The zero-order valence-electron chi connectivity index (χ0n) is 13.1. The number of aryl methyl sites for hydroxylation is 1. The molecule has 1 aromatic rings. The highest BCUT2D eigenvalue weighted by atomic mass is 16.5. The summed E-state index contributed by atoms with van der Waals surface area (Å²) in [4.78, 5) is 15.5. The van der Waals surface area contributed by atoms with Crippen molar-refractivity contribution in [2.75, 3.05) is 46.4 Å². The molecule has 5 heteroatoms. The van der Waals surface area contributed by atoms with E-state index in [2.05, 4.69) is 4.90 Å². The number of methoxy groups -OCH3 is 1. The van der Waals surface area contributed by atoms with E-state index in [1.165, 1.54) is 0 Å². The van der Waals surface area contributed by atoms with E-state index < -0.39 is 0 Å². The first-order valence-corrected chi connectivity index (χ1v) is 7.35. The van der Waals surface area contributed by atoms with Gasteiger partial charge in [0.15, 0.2) is 0 Å². The largest absolute Gasteiger partial charge is 0.496 e. The monoisotopic (exact) mass is 292 g/mol. The van der Waals surface area contributed by atoms with Crippen molar-refractivity contribution >= 4 is 5.91 Å². The molecule has 0 aromatic heterocycles. The summed E-state index contributed by atoms with van der Waals surface area (Å²) in [5, 5.41) is 0. The minimum absolute atomic E-state index is 0.166. The third-order valence-corrected chi connectivity index (χ3v) is 3.86. The quantitative estimate of drug-likeness (QED) is 0.826. The Morgan fingerprint density at radius 3 is 2.52 bits per heavy atom. The second kappa shape index (κ2) is 7.31. The Morgan fingerprint density at radius 2 is 1.95 bits per heavy atom. The molecule has 1 aliphatic rings. The van der Waals surface area contributed by atoms with Crippen molar-refractivity contribution in [3.05, 3.63) is 23.8 Å².